The van der Waals surface area contributed by atoms with Crippen molar-refractivity contribution in [1.82, 2.24) is 0 Å². The van der Waals surface area contributed by atoms with E-state index in [0.717, 1.165) is 29.9 Å². The first-order valence-corrected chi connectivity index (χ1v) is 9.55. The van der Waals surface area contributed by atoms with Crippen LogP contribution in [0.5, 0.6) is 5.75 Å². The van der Waals surface area contributed by atoms with Crippen molar-refractivity contribution in [1.29, 1.82) is 0 Å². The second-order valence-corrected chi connectivity index (χ2v) is 6.75. The van der Waals surface area contributed by atoms with Gasteiger partial charge < -0.3 is 4.74 Å². The average molecular weight is 335 g/mol. The Kier molecular flexibility index (Phi) is 8.13. The predicted molar refractivity (Wildman–Crippen MR) is 107 cm³/mol. The van der Waals surface area contributed by atoms with Crippen LogP contribution in [0, 0.1) is 17.8 Å². The SMILES string of the molecule is CCCCCc1ccc(C#Cc2ccc(OCC(C)CC)cc2)cc1. The van der Waals surface area contributed by atoms with Crippen molar-refractivity contribution in [2.24, 2.45) is 5.92 Å². The van der Waals surface area contributed by atoms with Gasteiger partial charge >= 0.3 is 0 Å². The number of aryl methyl sites for hydroxylation is 1. The van der Waals surface area contributed by atoms with Crippen LogP contribution < -0.4 is 4.74 Å². The number of ether oxygens (including phenoxy) is 1. The van der Waals surface area contributed by atoms with Gasteiger partial charge in [-0.1, -0.05) is 64.0 Å². The predicted octanol–water partition coefficient (Wildman–Crippen LogP) is 6.24. The van der Waals surface area contributed by atoms with Crippen molar-refractivity contribution >= 4 is 0 Å². The Bertz CT molecular complexity index is 671. The van der Waals surface area contributed by atoms with Crippen LogP contribution in [0.4, 0.5) is 0 Å². The molecule has 1 unspecified atom stereocenters. The van der Waals surface area contributed by atoms with Gasteiger partial charge in [0.15, 0.2) is 0 Å². The first kappa shape index (κ1) is 19.1. The van der Waals surface area contributed by atoms with Crippen molar-refractivity contribution in [3.05, 3.63) is 65.2 Å². The fraction of sp³-hybridized carbons (Fsp3) is 0.417. The first-order chi connectivity index (χ1) is 12.2. The van der Waals surface area contributed by atoms with E-state index in [1.165, 1.54) is 31.2 Å². The Labute approximate surface area is 153 Å². The average Bonchev–Trinajstić information content (AvgIpc) is 2.66. The molecule has 0 amide bonds. The smallest absolute Gasteiger partial charge is 0.119 e. The molecule has 0 N–H and O–H groups in total. The largest absolute Gasteiger partial charge is 0.493 e. The third-order valence-corrected chi connectivity index (χ3v) is 4.46. The molecule has 0 saturated carbocycles. The minimum absolute atomic E-state index is 0.587. The monoisotopic (exact) mass is 334 g/mol. The Morgan fingerprint density at radius 2 is 1.44 bits per heavy atom. The lowest BCUT2D eigenvalue weighted by Crippen LogP contribution is -2.06. The van der Waals surface area contributed by atoms with E-state index in [1.54, 1.807) is 0 Å². The maximum absolute atomic E-state index is 5.78. The van der Waals surface area contributed by atoms with Crippen LogP contribution in [0.1, 0.15) is 63.1 Å². The molecule has 0 aliphatic heterocycles. The maximum atomic E-state index is 5.78. The van der Waals surface area contributed by atoms with E-state index >= 15 is 0 Å². The zero-order valence-corrected chi connectivity index (χ0v) is 15.8. The van der Waals surface area contributed by atoms with E-state index in [4.69, 9.17) is 4.74 Å². The van der Waals surface area contributed by atoms with Gasteiger partial charge in [0.25, 0.3) is 0 Å². The molecule has 0 aliphatic carbocycles. The molecule has 2 aromatic carbocycles. The van der Waals surface area contributed by atoms with Crippen LogP contribution in [-0.4, -0.2) is 6.61 Å². The number of benzene rings is 2. The number of hydrogen-bond acceptors (Lipinski definition) is 1. The summed E-state index contributed by atoms with van der Waals surface area (Å²) < 4.78 is 5.78. The van der Waals surface area contributed by atoms with Gasteiger partial charge in [0.05, 0.1) is 6.61 Å². The summed E-state index contributed by atoms with van der Waals surface area (Å²) in [7, 11) is 0. The van der Waals surface area contributed by atoms with Gasteiger partial charge in [-0.2, -0.15) is 0 Å². The minimum atomic E-state index is 0.587. The van der Waals surface area contributed by atoms with Crippen molar-refractivity contribution in [3.8, 4) is 17.6 Å². The van der Waals surface area contributed by atoms with Crippen LogP contribution in [0.3, 0.4) is 0 Å². The van der Waals surface area contributed by atoms with E-state index in [1.807, 2.05) is 24.3 Å². The van der Waals surface area contributed by atoms with Crippen molar-refractivity contribution in [3.63, 3.8) is 0 Å². The molecule has 132 valence electrons. The quantitative estimate of drug-likeness (QED) is 0.410. The summed E-state index contributed by atoms with van der Waals surface area (Å²) in [4.78, 5) is 0. The molecule has 1 atom stereocenters. The van der Waals surface area contributed by atoms with Gasteiger partial charge in [-0.3, -0.25) is 0 Å². The fourth-order valence-corrected chi connectivity index (χ4v) is 2.47. The lowest BCUT2D eigenvalue weighted by molar-refractivity contribution is 0.256. The molecule has 2 aromatic rings. The third kappa shape index (κ3) is 7.06. The Hall–Kier alpha value is -2.20. The summed E-state index contributed by atoms with van der Waals surface area (Å²) >= 11 is 0. The summed E-state index contributed by atoms with van der Waals surface area (Å²) in [6, 6.07) is 16.7. The lowest BCUT2D eigenvalue weighted by Gasteiger charge is -2.10. The highest BCUT2D eigenvalue weighted by molar-refractivity contribution is 5.44. The minimum Gasteiger partial charge on any atom is -0.493 e. The van der Waals surface area contributed by atoms with E-state index < -0.39 is 0 Å². The molecule has 0 bridgehead atoms. The molecule has 0 heterocycles. The van der Waals surface area contributed by atoms with Gasteiger partial charge in [-0.15, -0.1) is 0 Å². The Morgan fingerprint density at radius 3 is 2.00 bits per heavy atom. The van der Waals surface area contributed by atoms with Crippen LogP contribution in [0.15, 0.2) is 48.5 Å². The van der Waals surface area contributed by atoms with Gasteiger partial charge in [0.1, 0.15) is 5.75 Å². The number of rotatable bonds is 8. The molecule has 1 heteroatoms. The fourth-order valence-electron chi connectivity index (χ4n) is 2.47. The molecule has 0 fully saturated rings. The molecule has 0 aromatic heterocycles. The molecular formula is C24H30O. The van der Waals surface area contributed by atoms with Crippen molar-refractivity contribution in [2.45, 2.75) is 52.9 Å². The van der Waals surface area contributed by atoms with E-state index in [-0.39, 0.29) is 0 Å². The third-order valence-electron chi connectivity index (χ3n) is 4.46. The summed E-state index contributed by atoms with van der Waals surface area (Å²) in [6.45, 7) is 7.40. The molecule has 0 saturated heterocycles. The summed E-state index contributed by atoms with van der Waals surface area (Å²) in [6.07, 6.45) is 6.15. The highest BCUT2D eigenvalue weighted by Gasteiger charge is 2.00. The van der Waals surface area contributed by atoms with E-state index in [2.05, 4.69) is 56.9 Å². The first-order valence-electron chi connectivity index (χ1n) is 9.55. The van der Waals surface area contributed by atoms with Gasteiger partial charge in [0.2, 0.25) is 0 Å². The number of hydrogen-bond donors (Lipinski definition) is 0. The Morgan fingerprint density at radius 1 is 0.840 bits per heavy atom. The topological polar surface area (TPSA) is 9.23 Å². The zero-order valence-electron chi connectivity index (χ0n) is 15.8. The zero-order chi connectivity index (χ0) is 17.9. The van der Waals surface area contributed by atoms with Gasteiger partial charge in [-0.05, 0) is 60.7 Å². The molecule has 0 spiro atoms. The maximum Gasteiger partial charge on any atom is 0.119 e. The molecule has 0 aliphatic rings. The van der Waals surface area contributed by atoms with Crippen LogP contribution in [-0.2, 0) is 6.42 Å². The van der Waals surface area contributed by atoms with Crippen molar-refractivity contribution < 1.29 is 4.74 Å². The molecular weight excluding hydrogens is 304 g/mol. The summed E-state index contributed by atoms with van der Waals surface area (Å²) in [5, 5.41) is 0. The van der Waals surface area contributed by atoms with Crippen LogP contribution in [0.25, 0.3) is 0 Å². The lowest BCUT2D eigenvalue weighted by atomic mass is 10.1. The second-order valence-electron chi connectivity index (χ2n) is 6.75. The van der Waals surface area contributed by atoms with Crippen LogP contribution >= 0.6 is 0 Å². The highest BCUT2D eigenvalue weighted by Crippen LogP contribution is 2.14. The van der Waals surface area contributed by atoms with E-state index in [9.17, 15) is 0 Å². The standard InChI is InChI=1S/C24H30O/c1-4-6-7-8-21-9-11-22(12-10-21)13-14-23-15-17-24(18-16-23)25-19-20(3)5-2/h9-12,15-18,20H,4-8,19H2,1-3H3. The second kappa shape index (κ2) is 10.6. The van der Waals surface area contributed by atoms with Crippen LogP contribution in [0.2, 0.25) is 0 Å². The van der Waals surface area contributed by atoms with E-state index in [0.29, 0.717) is 5.92 Å². The molecule has 0 radical (unpaired) electrons. The van der Waals surface area contributed by atoms with Gasteiger partial charge in [0, 0.05) is 11.1 Å². The van der Waals surface area contributed by atoms with Gasteiger partial charge in [-0.25, -0.2) is 0 Å². The summed E-state index contributed by atoms with van der Waals surface area (Å²) in [5.74, 6) is 7.98. The highest BCUT2D eigenvalue weighted by atomic mass is 16.5. The normalized spacial score (nSPS) is 11.5. The number of unbranched alkanes of at least 4 members (excludes halogenated alkanes) is 2. The molecule has 2 rings (SSSR count). The molecule has 1 nitrogen and oxygen atoms in total. The summed E-state index contributed by atoms with van der Waals surface area (Å²) in [5.41, 5.74) is 3.49. The molecule has 25 heavy (non-hydrogen) atoms. The van der Waals surface area contributed by atoms with Crippen molar-refractivity contribution in [2.75, 3.05) is 6.61 Å². The Balaban J connectivity index is 1.89.